The lowest BCUT2D eigenvalue weighted by molar-refractivity contribution is -0.383. The Morgan fingerprint density at radius 2 is 2.16 bits per heavy atom. The summed E-state index contributed by atoms with van der Waals surface area (Å²) in [6, 6.07) is 8.64. The Balaban J connectivity index is 2.09. The van der Waals surface area contributed by atoms with Gasteiger partial charge in [0.05, 0.1) is 9.95 Å². The number of anilines is 1. The lowest BCUT2D eigenvalue weighted by Gasteiger charge is -2.03. The van der Waals surface area contributed by atoms with Crippen LogP contribution >= 0.6 is 27.7 Å². The molecule has 0 fully saturated rings. The maximum atomic E-state index is 10.8. The molecule has 0 atom stereocenters. The van der Waals surface area contributed by atoms with Gasteiger partial charge in [0.2, 0.25) is 0 Å². The van der Waals surface area contributed by atoms with Crippen molar-refractivity contribution in [3.8, 4) is 0 Å². The zero-order valence-corrected chi connectivity index (χ0v) is 12.1. The maximum Gasteiger partial charge on any atom is 0.292 e. The van der Waals surface area contributed by atoms with Crippen molar-refractivity contribution in [1.29, 1.82) is 0 Å². The van der Waals surface area contributed by atoms with E-state index in [4.69, 9.17) is 5.73 Å². The van der Waals surface area contributed by atoms with Crippen LogP contribution in [0.2, 0.25) is 0 Å². The monoisotopic (exact) mass is 339 g/mol. The quantitative estimate of drug-likeness (QED) is 0.398. The number of nitrogens with zero attached hydrogens (tertiary/aromatic N) is 2. The lowest BCUT2D eigenvalue weighted by atomic mass is 10.2. The molecule has 5 nitrogen and oxygen atoms in total. The minimum atomic E-state index is -0.471. The van der Waals surface area contributed by atoms with Crippen LogP contribution in [-0.2, 0) is 5.75 Å². The molecule has 0 unspecified atom stereocenters. The third-order valence-electron chi connectivity index (χ3n) is 2.38. The molecule has 2 N–H and O–H groups in total. The van der Waals surface area contributed by atoms with Gasteiger partial charge in [-0.1, -0.05) is 6.07 Å². The first kappa shape index (κ1) is 13.8. The summed E-state index contributed by atoms with van der Waals surface area (Å²) >= 11 is 4.83. The van der Waals surface area contributed by atoms with Crippen LogP contribution in [0.5, 0.6) is 0 Å². The van der Waals surface area contributed by atoms with Gasteiger partial charge >= 0.3 is 0 Å². The zero-order valence-electron chi connectivity index (χ0n) is 9.75. The molecule has 0 saturated carbocycles. The van der Waals surface area contributed by atoms with Crippen LogP contribution in [0, 0.1) is 10.1 Å². The second-order valence-corrected chi connectivity index (χ2v) is 5.66. The van der Waals surface area contributed by atoms with Gasteiger partial charge in [-0.3, -0.25) is 10.1 Å². The van der Waals surface area contributed by atoms with Crippen LogP contribution in [0.25, 0.3) is 0 Å². The van der Waals surface area contributed by atoms with Gasteiger partial charge < -0.3 is 5.73 Å². The predicted octanol–water partition coefficient (Wildman–Crippen LogP) is 3.63. The minimum Gasteiger partial charge on any atom is -0.393 e. The average molecular weight is 340 g/mol. The molecule has 0 spiro atoms. The highest BCUT2D eigenvalue weighted by molar-refractivity contribution is 9.10. The first-order chi connectivity index (χ1) is 9.06. The van der Waals surface area contributed by atoms with Crippen LogP contribution in [0.3, 0.4) is 0 Å². The Morgan fingerprint density at radius 3 is 2.79 bits per heavy atom. The van der Waals surface area contributed by atoms with E-state index in [1.165, 1.54) is 17.8 Å². The number of rotatable bonds is 4. The second-order valence-electron chi connectivity index (χ2n) is 3.75. The number of hydrogen-bond donors (Lipinski definition) is 1. The Labute approximate surface area is 122 Å². The molecule has 0 aliphatic rings. The Kier molecular flexibility index (Phi) is 4.39. The van der Waals surface area contributed by atoms with E-state index >= 15 is 0 Å². The molecule has 0 saturated heterocycles. The standard InChI is InChI=1S/C12H10BrN3O2S/c13-9-2-4-12(15-6-9)19-7-8-1-3-10(14)11(5-8)16(17)18/h1-6H,7,14H2. The van der Waals surface area contributed by atoms with E-state index in [0.29, 0.717) is 5.75 Å². The van der Waals surface area contributed by atoms with Crippen LogP contribution in [-0.4, -0.2) is 9.91 Å². The number of pyridine rings is 1. The van der Waals surface area contributed by atoms with Crippen LogP contribution in [0.15, 0.2) is 46.0 Å². The molecule has 7 heteroatoms. The van der Waals surface area contributed by atoms with E-state index in [0.717, 1.165) is 15.1 Å². The minimum absolute atomic E-state index is 0.0538. The molecule has 2 rings (SSSR count). The third kappa shape index (κ3) is 3.68. The highest BCUT2D eigenvalue weighted by Crippen LogP contribution is 2.27. The summed E-state index contributed by atoms with van der Waals surface area (Å²) in [5, 5.41) is 11.7. The molecule has 98 valence electrons. The average Bonchev–Trinajstić information content (AvgIpc) is 2.39. The fourth-order valence-electron chi connectivity index (χ4n) is 1.44. The predicted molar refractivity (Wildman–Crippen MR) is 79.0 cm³/mol. The van der Waals surface area contributed by atoms with Gasteiger partial charge in [0.1, 0.15) is 5.69 Å². The SMILES string of the molecule is Nc1ccc(CSc2ccc(Br)cn2)cc1[N+](=O)[O-]. The molecular weight excluding hydrogens is 330 g/mol. The van der Waals surface area contributed by atoms with Crippen molar-refractivity contribution in [3.63, 3.8) is 0 Å². The number of aromatic nitrogens is 1. The van der Waals surface area contributed by atoms with E-state index in [9.17, 15) is 10.1 Å². The summed E-state index contributed by atoms with van der Waals surface area (Å²) in [4.78, 5) is 14.5. The summed E-state index contributed by atoms with van der Waals surface area (Å²) in [5.74, 6) is 0.607. The third-order valence-corrected chi connectivity index (χ3v) is 3.86. The number of nitro groups is 1. The molecule has 0 aliphatic heterocycles. The number of nitrogen functional groups attached to an aromatic ring is 1. The molecule has 0 aliphatic carbocycles. The van der Waals surface area contributed by atoms with Gasteiger partial charge in [0.25, 0.3) is 5.69 Å². The normalized spacial score (nSPS) is 10.4. The molecule has 0 bridgehead atoms. The van der Waals surface area contributed by atoms with Gasteiger partial charge in [-0.2, -0.15) is 0 Å². The molecule has 19 heavy (non-hydrogen) atoms. The Hall–Kier alpha value is -1.60. The summed E-state index contributed by atoms with van der Waals surface area (Å²) in [5.41, 5.74) is 6.52. The summed E-state index contributed by atoms with van der Waals surface area (Å²) in [6.07, 6.45) is 1.72. The van der Waals surface area contributed by atoms with Crippen LogP contribution in [0.4, 0.5) is 11.4 Å². The van der Waals surface area contributed by atoms with Crippen molar-refractivity contribution in [1.82, 2.24) is 4.98 Å². The lowest BCUT2D eigenvalue weighted by Crippen LogP contribution is -1.96. The molecule has 2 aromatic rings. The number of thioether (sulfide) groups is 1. The Morgan fingerprint density at radius 1 is 1.37 bits per heavy atom. The number of hydrogen-bond acceptors (Lipinski definition) is 5. The fourth-order valence-corrected chi connectivity index (χ4v) is 2.46. The number of nitro benzene ring substituents is 1. The number of nitrogens with two attached hydrogens (primary N) is 1. The van der Waals surface area contributed by atoms with Crippen molar-refractivity contribution in [2.24, 2.45) is 0 Å². The van der Waals surface area contributed by atoms with E-state index < -0.39 is 4.92 Å². The van der Waals surface area contributed by atoms with Crippen molar-refractivity contribution >= 4 is 39.1 Å². The fraction of sp³-hybridized carbons (Fsp3) is 0.0833. The molecule has 1 aromatic heterocycles. The second kappa shape index (κ2) is 6.03. The first-order valence-corrected chi connectivity index (χ1v) is 7.11. The number of benzene rings is 1. The van der Waals surface area contributed by atoms with Gasteiger partial charge in [-0.05, 0) is 39.7 Å². The smallest absolute Gasteiger partial charge is 0.292 e. The van der Waals surface area contributed by atoms with Crippen molar-refractivity contribution < 1.29 is 4.92 Å². The van der Waals surface area contributed by atoms with E-state index in [1.54, 1.807) is 18.3 Å². The topological polar surface area (TPSA) is 82.0 Å². The summed E-state index contributed by atoms with van der Waals surface area (Å²) < 4.78 is 0.917. The highest BCUT2D eigenvalue weighted by atomic mass is 79.9. The van der Waals surface area contributed by atoms with E-state index in [-0.39, 0.29) is 11.4 Å². The summed E-state index contributed by atoms with van der Waals surface area (Å²) in [6.45, 7) is 0. The summed E-state index contributed by atoms with van der Waals surface area (Å²) in [7, 11) is 0. The van der Waals surface area contributed by atoms with Crippen LogP contribution in [0.1, 0.15) is 5.56 Å². The molecule has 0 amide bonds. The molecular formula is C12H10BrN3O2S. The van der Waals surface area contributed by atoms with Gasteiger partial charge in [0, 0.05) is 22.5 Å². The van der Waals surface area contributed by atoms with Gasteiger partial charge in [-0.15, -0.1) is 11.8 Å². The molecule has 0 radical (unpaired) electrons. The first-order valence-electron chi connectivity index (χ1n) is 5.33. The van der Waals surface area contributed by atoms with E-state index in [1.807, 2.05) is 12.1 Å². The Bertz CT molecular complexity index is 604. The highest BCUT2D eigenvalue weighted by Gasteiger charge is 2.11. The molecule has 1 heterocycles. The van der Waals surface area contributed by atoms with Crippen molar-refractivity contribution in [2.45, 2.75) is 10.8 Å². The largest absolute Gasteiger partial charge is 0.393 e. The molecule has 1 aromatic carbocycles. The number of halogens is 1. The van der Waals surface area contributed by atoms with Gasteiger partial charge in [-0.25, -0.2) is 4.98 Å². The van der Waals surface area contributed by atoms with E-state index in [2.05, 4.69) is 20.9 Å². The maximum absolute atomic E-state index is 10.8. The van der Waals surface area contributed by atoms with Gasteiger partial charge in [0.15, 0.2) is 0 Å². The van der Waals surface area contributed by atoms with Crippen molar-refractivity contribution in [3.05, 3.63) is 56.7 Å². The van der Waals surface area contributed by atoms with Crippen molar-refractivity contribution in [2.75, 3.05) is 5.73 Å². The van der Waals surface area contributed by atoms with Crippen LogP contribution < -0.4 is 5.73 Å². The zero-order chi connectivity index (χ0) is 13.8.